The summed E-state index contributed by atoms with van der Waals surface area (Å²) in [6.45, 7) is 2.46. The molecule has 1 N–H and O–H groups in total. The maximum Gasteiger partial charge on any atom is 0.257 e. The van der Waals surface area contributed by atoms with Crippen LogP contribution < -0.4 is 0 Å². The maximum absolute atomic E-state index is 13.6. The van der Waals surface area contributed by atoms with E-state index in [9.17, 15) is 9.18 Å². The van der Waals surface area contributed by atoms with Crippen LogP contribution in [0.15, 0.2) is 47.2 Å². The van der Waals surface area contributed by atoms with Crippen molar-refractivity contribution in [2.24, 2.45) is 0 Å². The number of aromatic amines is 1. The van der Waals surface area contributed by atoms with Gasteiger partial charge >= 0.3 is 0 Å². The number of nitrogens with one attached hydrogen (secondary N) is 1. The lowest BCUT2D eigenvalue weighted by Gasteiger charge is -2.34. The van der Waals surface area contributed by atoms with Crippen molar-refractivity contribution in [2.45, 2.75) is 32.2 Å². The topological polar surface area (TPSA) is 87.9 Å². The van der Waals surface area contributed by atoms with Crippen LogP contribution in [0.4, 0.5) is 4.39 Å². The molecule has 4 aromatic rings. The molecule has 1 amide bonds. The zero-order valence-electron chi connectivity index (χ0n) is 16.4. The van der Waals surface area contributed by atoms with E-state index in [2.05, 4.69) is 20.1 Å². The summed E-state index contributed by atoms with van der Waals surface area (Å²) >= 11 is 0. The summed E-state index contributed by atoms with van der Waals surface area (Å²) in [6, 6.07) is 7.97. The van der Waals surface area contributed by atoms with Gasteiger partial charge < -0.3 is 14.4 Å². The first-order valence-electron chi connectivity index (χ1n) is 9.94. The second-order valence-electron chi connectivity index (χ2n) is 7.55. The van der Waals surface area contributed by atoms with Crippen molar-refractivity contribution in [3.05, 3.63) is 65.6 Å². The number of aryl methyl sites for hydroxylation is 1. The van der Waals surface area contributed by atoms with E-state index in [4.69, 9.17) is 4.52 Å². The molecule has 0 aliphatic carbocycles. The Morgan fingerprint density at radius 3 is 3.00 bits per heavy atom. The van der Waals surface area contributed by atoms with E-state index in [1.54, 1.807) is 18.3 Å². The summed E-state index contributed by atoms with van der Waals surface area (Å²) in [6.07, 6.45) is 5.97. The molecule has 1 fully saturated rings. The Morgan fingerprint density at radius 1 is 1.23 bits per heavy atom. The van der Waals surface area contributed by atoms with Crippen molar-refractivity contribution in [1.82, 2.24) is 25.0 Å². The molecule has 0 spiro atoms. The zero-order chi connectivity index (χ0) is 20.7. The van der Waals surface area contributed by atoms with Crippen LogP contribution in [-0.4, -0.2) is 37.5 Å². The molecule has 0 bridgehead atoms. The predicted molar refractivity (Wildman–Crippen MR) is 108 cm³/mol. The van der Waals surface area contributed by atoms with Gasteiger partial charge in [-0.1, -0.05) is 17.3 Å². The first-order valence-corrected chi connectivity index (χ1v) is 9.94. The average molecular weight is 405 g/mol. The van der Waals surface area contributed by atoms with Gasteiger partial charge in [-0.25, -0.2) is 14.4 Å². The lowest BCUT2D eigenvalue weighted by molar-refractivity contribution is 0.0601. The Kier molecular flexibility index (Phi) is 4.54. The fourth-order valence-electron chi connectivity index (χ4n) is 4.00. The van der Waals surface area contributed by atoms with Crippen LogP contribution in [0.5, 0.6) is 0 Å². The quantitative estimate of drug-likeness (QED) is 0.545. The van der Waals surface area contributed by atoms with Gasteiger partial charge in [0.25, 0.3) is 11.6 Å². The number of imidazole rings is 1. The van der Waals surface area contributed by atoms with Crippen molar-refractivity contribution in [2.75, 3.05) is 6.54 Å². The Bertz CT molecular complexity index is 1230. The summed E-state index contributed by atoms with van der Waals surface area (Å²) in [5.74, 6) is 0.306. The van der Waals surface area contributed by atoms with Crippen molar-refractivity contribution in [3.8, 4) is 11.3 Å². The number of likely N-dealkylation sites (tertiary alicyclic amines) is 1. The van der Waals surface area contributed by atoms with Crippen molar-refractivity contribution in [1.29, 1.82) is 0 Å². The SMILES string of the molecule is Cc1noc2ncc(C(=O)N3CCCCC3c3ncc(-c4cccc(F)c4)[nH]3)cc12. The summed E-state index contributed by atoms with van der Waals surface area (Å²) < 4.78 is 18.7. The van der Waals surface area contributed by atoms with Crippen LogP contribution in [0.2, 0.25) is 0 Å². The highest BCUT2D eigenvalue weighted by Gasteiger charge is 2.31. The number of benzene rings is 1. The highest BCUT2D eigenvalue weighted by atomic mass is 19.1. The van der Waals surface area contributed by atoms with Crippen LogP contribution in [0.3, 0.4) is 0 Å². The number of amides is 1. The average Bonchev–Trinajstić information content (AvgIpc) is 3.40. The van der Waals surface area contributed by atoms with Gasteiger partial charge in [-0.2, -0.15) is 0 Å². The lowest BCUT2D eigenvalue weighted by Crippen LogP contribution is -2.39. The van der Waals surface area contributed by atoms with Gasteiger partial charge in [0.05, 0.1) is 34.6 Å². The molecule has 7 nitrogen and oxygen atoms in total. The molecule has 8 heteroatoms. The fourth-order valence-corrected chi connectivity index (χ4v) is 4.00. The van der Waals surface area contributed by atoms with Gasteiger partial charge in [-0.3, -0.25) is 4.79 Å². The standard InChI is InChI=1S/C22H20FN5O2/c1-13-17-10-15(11-25-21(17)30-27-13)22(29)28-8-3-2-7-19(28)20-24-12-18(26-20)14-5-4-6-16(23)9-14/h4-6,9-12,19H,2-3,7-8H2,1H3,(H,24,26). The smallest absolute Gasteiger partial charge is 0.257 e. The fraction of sp³-hybridized carbons (Fsp3) is 0.273. The Morgan fingerprint density at radius 2 is 2.13 bits per heavy atom. The number of hydrogen-bond acceptors (Lipinski definition) is 5. The van der Waals surface area contributed by atoms with Crippen molar-refractivity contribution in [3.63, 3.8) is 0 Å². The van der Waals surface area contributed by atoms with Crippen LogP contribution >= 0.6 is 0 Å². The maximum atomic E-state index is 13.6. The number of nitrogens with zero attached hydrogens (tertiary/aromatic N) is 4. The van der Waals surface area contributed by atoms with Crippen LogP contribution in [0, 0.1) is 12.7 Å². The van der Waals surface area contributed by atoms with Gasteiger partial charge in [0, 0.05) is 18.3 Å². The molecule has 0 radical (unpaired) electrons. The van der Waals surface area contributed by atoms with Gasteiger partial charge in [0.1, 0.15) is 11.6 Å². The first kappa shape index (κ1) is 18.5. The molecule has 30 heavy (non-hydrogen) atoms. The third kappa shape index (κ3) is 3.24. The third-order valence-corrected chi connectivity index (χ3v) is 5.57. The predicted octanol–water partition coefficient (Wildman–Crippen LogP) is 4.43. The van der Waals surface area contributed by atoms with E-state index in [-0.39, 0.29) is 17.8 Å². The zero-order valence-corrected chi connectivity index (χ0v) is 16.4. The highest BCUT2D eigenvalue weighted by molar-refractivity contribution is 5.97. The van der Waals surface area contributed by atoms with E-state index >= 15 is 0 Å². The first-order chi connectivity index (χ1) is 14.6. The number of hydrogen-bond donors (Lipinski definition) is 1. The second-order valence-corrected chi connectivity index (χ2v) is 7.55. The Labute approximate surface area is 171 Å². The second kappa shape index (κ2) is 7.37. The van der Waals surface area contributed by atoms with E-state index in [1.807, 2.05) is 17.9 Å². The number of carbonyl (C=O) groups excluding carboxylic acids is 1. The van der Waals surface area contributed by atoms with E-state index in [0.29, 0.717) is 29.3 Å². The molecule has 3 aromatic heterocycles. The summed E-state index contributed by atoms with van der Waals surface area (Å²) in [5, 5.41) is 4.64. The summed E-state index contributed by atoms with van der Waals surface area (Å²) in [4.78, 5) is 27.2. The minimum Gasteiger partial charge on any atom is -0.340 e. The van der Waals surface area contributed by atoms with Crippen LogP contribution in [0.25, 0.3) is 22.4 Å². The molecular formula is C22H20FN5O2. The Balaban J connectivity index is 1.45. The molecule has 1 aromatic carbocycles. The number of rotatable bonds is 3. The summed E-state index contributed by atoms with van der Waals surface area (Å²) in [7, 11) is 0. The van der Waals surface area contributed by atoms with Crippen LogP contribution in [-0.2, 0) is 0 Å². The lowest BCUT2D eigenvalue weighted by atomic mass is 10.00. The minimum absolute atomic E-state index is 0.0987. The molecule has 1 atom stereocenters. The molecular weight excluding hydrogens is 385 g/mol. The van der Waals surface area contributed by atoms with Gasteiger partial charge in [-0.05, 0) is 44.4 Å². The molecule has 1 unspecified atom stereocenters. The number of aromatic nitrogens is 4. The number of piperidine rings is 1. The molecule has 1 saturated heterocycles. The largest absolute Gasteiger partial charge is 0.340 e. The number of fused-ring (bicyclic) bond motifs is 1. The van der Waals surface area contributed by atoms with Crippen molar-refractivity contribution >= 4 is 17.0 Å². The van der Waals surface area contributed by atoms with Gasteiger partial charge in [0.2, 0.25) is 0 Å². The molecule has 1 aliphatic rings. The monoisotopic (exact) mass is 405 g/mol. The molecule has 4 heterocycles. The molecule has 5 rings (SSSR count). The Hall–Kier alpha value is -3.55. The molecule has 152 valence electrons. The van der Waals surface area contributed by atoms with E-state index in [0.717, 1.165) is 35.9 Å². The highest BCUT2D eigenvalue weighted by Crippen LogP contribution is 2.32. The molecule has 0 saturated carbocycles. The van der Waals surface area contributed by atoms with Gasteiger partial charge in [0.15, 0.2) is 0 Å². The number of halogens is 1. The van der Waals surface area contributed by atoms with Gasteiger partial charge in [-0.15, -0.1) is 0 Å². The van der Waals surface area contributed by atoms with Crippen molar-refractivity contribution < 1.29 is 13.7 Å². The minimum atomic E-state index is -0.301. The number of pyridine rings is 1. The van der Waals surface area contributed by atoms with E-state index in [1.165, 1.54) is 18.3 Å². The molecule has 1 aliphatic heterocycles. The van der Waals surface area contributed by atoms with E-state index < -0.39 is 0 Å². The summed E-state index contributed by atoms with van der Waals surface area (Å²) in [5.41, 5.74) is 3.07. The third-order valence-electron chi connectivity index (χ3n) is 5.57. The number of carbonyl (C=O) groups is 1. The normalized spacial score (nSPS) is 16.9. The number of H-pyrrole nitrogens is 1. The van der Waals surface area contributed by atoms with Crippen LogP contribution in [0.1, 0.15) is 47.2 Å².